The highest BCUT2D eigenvalue weighted by Crippen LogP contribution is 2.32. The van der Waals surface area contributed by atoms with E-state index >= 15 is 0 Å². The van der Waals surface area contributed by atoms with Crippen molar-refractivity contribution >= 4 is 11.1 Å². The van der Waals surface area contributed by atoms with Crippen LogP contribution in [-0.4, -0.2) is 31.2 Å². The highest BCUT2D eigenvalue weighted by atomic mass is 32.2. The van der Waals surface area contributed by atoms with Crippen LogP contribution in [0.3, 0.4) is 0 Å². The summed E-state index contributed by atoms with van der Waals surface area (Å²) in [4.78, 5) is 23.0. The number of rotatable bonds is 2. The average Bonchev–Trinajstić information content (AvgIpc) is 2.71. The minimum atomic E-state index is -1.99. The number of fused-ring (bicyclic) bond motifs is 1. The Bertz CT molecular complexity index is 804. The summed E-state index contributed by atoms with van der Waals surface area (Å²) < 4.78 is 19.9. The molecule has 2 unspecified atom stereocenters. The van der Waals surface area contributed by atoms with Crippen LogP contribution >= 0.6 is 11.1 Å². The van der Waals surface area contributed by atoms with Gasteiger partial charge in [-0.05, 0) is 42.5 Å². The first-order valence-corrected chi connectivity index (χ1v) is 7.56. The normalized spacial score (nSPS) is 18.6. The van der Waals surface area contributed by atoms with Gasteiger partial charge in [-0.2, -0.15) is 0 Å². The van der Waals surface area contributed by atoms with Crippen LogP contribution in [-0.2, 0) is 17.6 Å². The first-order valence-electron chi connectivity index (χ1n) is 6.45. The number of phenols is 1. The third-order valence-electron chi connectivity index (χ3n) is 3.76. The third kappa shape index (κ3) is 2.31. The first-order chi connectivity index (χ1) is 10.0. The lowest BCUT2D eigenvalue weighted by Gasteiger charge is -2.24. The minimum Gasteiger partial charge on any atom is -0.549 e. The van der Waals surface area contributed by atoms with Gasteiger partial charge in [0.25, 0.3) is 0 Å². The molecule has 3 rings (SSSR count). The lowest BCUT2D eigenvalue weighted by Crippen LogP contribution is -2.27. The average molecular weight is 310 g/mol. The van der Waals surface area contributed by atoms with Crippen LogP contribution in [0.1, 0.15) is 17.5 Å². The number of aromatic nitrogens is 2. The second kappa shape index (κ2) is 5.14. The van der Waals surface area contributed by atoms with Gasteiger partial charge in [0.1, 0.15) is 22.6 Å². The van der Waals surface area contributed by atoms with Gasteiger partial charge in [0.15, 0.2) is 0 Å². The number of benzene rings is 1. The molecule has 1 aromatic heterocycles. The lowest BCUT2D eigenvalue weighted by molar-refractivity contribution is 0.0910. The Morgan fingerprint density at radius 3 is 2.81 bits per heavy atom. The van der Waals surface area contributed by atoms with E-state index in [1.54, 1.807) is 19.2 Å². The number of phenolic OH excluding ortho intramolecular Hbond substituents is 1. The Kier molecular flexibility index (Phi) is 3.44. The summed E-state index contributed by atoms with van der Waals surface area (Å²) in [7, 11) is 1.65. The van der Waals surface area contributed by atoms with E-state index < -0.39 is 22.3 Å². The lowest BCUT2D eigenvalue weighted by atomic mass is 9.89. The molecule has 0 spiro atoms. The van der Waals surface area contributed by atoms with Gasteiger partial charge in [0.05, 0.1) is 6.10 Å². The molecule has 1 aromatic carbocycles. The molecule has 2 atom stereocenters. The van der Waals surface area contributed by atoms with E-state index in [4.69, 9.17) is 4.74 Å². The maximum absolute atomic E-state index is 11.8. The maximum Gasteiger partial charge on any atom is 0.368 e. The van der Waals surface area contributed by atoms with Crippen LogP contribution < -0.4 is 11.1 Å². The Morgan fingerprint density at radius 2 is 2.19 bits per heavy atom. The number of H-pyrrole nitrogens is 1. The third-order valence-corrected chi connectivity index (χ3v) is 4.81. The van der Waals surface area contributed by atoms with Gasteiger partial charge in [-0.25, -0.2) is 0 Å². The molecule has 21 heavy (non-hydrogen) atoms. The maximum atomic E-state index is 11.8. The standard InChI is InChI=1S/C13H14N2O5S/c1-20-9-3-2-7-5-10(11(16)6-8(7)4-9)15-13(18)12(17)14-21(15)19/h5-6,9,16H,2-4H2,1H3,(H,14,17). The Hall–Kier alpha value is -1.90. The zero-order valence-electron chi connectivity index (χ0n) is 11.3. The number of nitrogens with one attached hydrogen (secondary N) is 1. The predicted molar refractivity (Wildman–Crippen MR) is 75.8 cm³/mol. The smallest absolute Gasteiger partial charge is 0.368 e. The van der Waals surface area contributed by atoms with Crippen LogP contribution in [0.15, 0.2) is 21.7 Å². The Balaban J connectivity index is 2.14. The van der Waals surface area contributed by atoms with Crippen molar-refractivity contribution < 1.29 is 14.4 Å². The van der Waals surface area contributed by atoms with Gasteiger partial charge in [0, 0.05) is 7.11 Å². The number of hydrogen-bond acceptors (Lipinski definition) is 5. The van der Waals surface area contributed by atoms with Crippen molar-refractivity contribution in [1.82, 2.24) is 8.33 Å². The summed E-state index contributed by atoms with van der Waals surface area (Å²) >= 11 is -1.99. The topological polar surface area (TPSA) is 107 Å². The van der Waals surface area contributed by atoms with Gasteiger partial charge in [0.2, 0.25) is 0 Å². The van der Waals surface area contributed by atoms with Crippen molar-refractivity contribution in [3.63, 3.8) is 0 Å². The first kappa shape index (κ1) is 14.1. The second-order valence-corrected chi connectivity index (χ2v) is 6.06. The Labute approximate surface area is 122 Å². The summed E-state index contributed by atoms with van der Waals surface area (Å²) in [6.45, 7) is 0. The van der Waals surface area contributed by atoms with Crippen LogP contribution in [0.2, 0.25) is 0 Å². The molecule has 2 N–H and O–H groups in total. The molecule has 1 heterocycles. The van der Waals surface area contributed by atoms with E-state index in [1.165, 1.54) is 0 Å². The molecule has 8 heteroatoms. The van der Waals surface area contributed by atoms with Crippen LogP contribution in [0.4, 0.5) is 0 Å². The van der Waals surface area contributed by atoms with Crippen molar-refractivity contribution in [1.29, 1.82) is 0 Å². The highest BCUT2D eigenvalue weighted by molar-refractivity contribution is 7.14. The summed E-state index contributed by atoms with van der Waals surface area (Å²) in [5.74, 6) is -0.177. The molecule has 0 aliphatic heterocycles. The number of methoxy groups -OCH3 is 1. The van der Waals surface area contributed by atoms with E-state index in [9.17, 15) is 19.2 Å². The second-order valence-electron chi connectivity index (χ2n) is 4.99. The number of hydrogen-bond donors (Lipinski definition) is 2. The zero-order chi connectivity index (χ0) is 15.1. The highest BCUT2D eigenvalue weighted by Gasteiger charge is 2.24. The molecule has 7 nitrogen and oxygen atoms in total. The van der Waals surface area contributed by atoms with Gasteiger partial charge in [-0.1, -0.05) is 3.96 Å². The van der Waals surface area contributed by atoms with Crippen molar-refractivity contribution in [2.24, 2.45) is 0 Å². The van der Waals surface area contributed by atoms with Crippen molar-refractivity contribution in [2.75, 3.05) is 7.11 Å². The molecule has 1 aliphatic carbocycles. The fraction of sp³-hybridized carbons (Fsp3) is 0.385. The van der Waals surface area contributed by atoms with E-state index in [2.05, 4.69) is 0 Å². The molecular weight excluding hydrogens is 296 g/mol. The zero-order valence-corrected chi connectivity index (χ0v) is 12.1. The number of aromatic amines is 1. The van der Waals surface area contributed by atoms with E-state index in [-0.39, 0.29) is 17.5 Å². The molecule has 0 saturated carbocycles. The molecule has 112 valence electrons. The largest absolute Gasteiger partial charge is 0.549 e. The predicted octanol–water partition coefficient (Wildman–Crippen LogP) is 0.463. The Morgan fingerprint density at radius 1 is 1.43 bits per heavy atom. The molecule has 2 aromatic rings. The molecular formula is C13H14N2O5S. The van der Waals surface area contributed by atoms with Crippen LogP contribution in [0.25, 0.3) is 5.69 Å². The van der Waals surface area contributed by atoms with Gasteiger partial charge >= 0.3 is 11.1 Å². The van der Waals surface area contributed by atoms with Gasteiger partial charge < -0.3 is 14.4 Å². The van der Waals surface area contributed by atoms with Crippen molar-refractivity contribution in [3.05, 3.63) is 44.0 Å². The SMILES string of the molecule is COC1CCc2cc(-n3c(=O)c(=O)[nH][s+]3[O-])c(O)cc2C1. The summed E-state index contributed by atoms with van der Waals surface area (Å²) in [6.07, 6.45) is 2.35. The fourth-order valence-electron chi connectivity index (χ4n) is 2.65. The van der Waals surface area contributed by atoms with E-state index in [0.29, 0.717) is 6.42 Å². The summed E-state index contributed by atoms with van der Waals surface area (Å²) in [5, 5.41) is 10.1. The van der Waals surface area contributed by atoms with Crippen molar-refractivity contribution in [2.45, 2.75) is 25.4 Å². The molecule has 0 amide bonds. The van der Waals surface area contributed by atoms with Crippen LogP contribution in [0, 0.1) is 0 Å². The number of ether oxygens (including phenoxy) is 1. The fourth-order valence-corrected chi connectivity index (χ4v) is 3.54. The minimum absolute atomic E-state index is 0.0892. The molecule has 0 radical (unpaired) electrons. The van der Waals surface area contributed by atoms with E-state index in [0.717, 1.165) is 27.9 Å². The molecule has 1 aliphatic rings. The van der Waals surface area contributed by atoms with Gasteiger partial charge in [-0.15, -0.1) is 4.37 Å². The summed E-state index contributed by atoms with van der Waals surface area (Å²) in [5.41, 5.74) is 0.108. The summed E-state index contributed by atoms with van der Waals surface area (Å²) in [6, 6.07) is 3.16. The molecule has 0 bridgehead atoms. The van der Waals surface area contributed by atoms with E-state index in [1.807, 2.05) is 4.37 Å². The quantitative estimate of drug-likeness (QED) is 0.619. The molecule has 0 fully saturated rings. The van der Waals surface area contributed by atoms with Gasteiger partial charge in [-0.3, -0.25) is 9.59 Å². The molecule has 0 saturated heterocycles. The number of aromatic hydroxyl groups is 1. The number of nitrogens with zero attached hydrogens (tertiary/aromatic N) is 1. The number of aryl methyl sites for hydroxylation is 1. The van der Waals surface area contributed by atoms with Crippen molar-refractivity contribution in [3.8, 4) is 11.4 Å². The van der Waals surface area contributed by atoms with Crippen LogP contribution in [0.5, 0.6) is 5.75 Å². The monoisotopic (exact) mass is 310 g/mol.